The van der Waals surface area contributed by atoms with Crippen LogP contribution in [0.3, 0.4) is 0 Å². The van der Waals surface area contributed by atoms with Crippen molar-refractivity contribution in [3.8, 4) is 0 Å². The summed E-state index contributed by atoms with van der Waals surface area (Å²) >= 11 is 12.3. The van der Waals surface area contributed by atoms with E-state index in [9.17, 15) is 9.59 Å². The highest BCUT2D eigenvalue weighted by Crippen LogP contribution is 2.26. The molecule has 2 heterocycles. The lowest BCUT2D eigenvalue weighted by Crippen LogP contribution is -2.50. The van der Waals surface area contributed by atoms with E-state index in [0.29, 0.717) is 54.0 Å². The van der Waals surface area contributed by atoms with Crippen molar-refractivity contribution in [2.45, 2.75) is 32.8 Å². The first-order valence-electron chi connectivity index (χ1n) is 10.4. The first-order chi connectivity index (χ1) is 15.1. The van der Waals surface area contributed by atoms with Crippen LogP contribution in [-0.2, 0) is 15.9 Å². The van der Waals surface area contributed by atoms with Crippen LogP contribution in [0.4, 0.5) is 10.6 Å². The van der Waals surface area contributed by atoms with E-state index in [2.05, 4.69) is 4.98 Å². The standard InChI is InChI=1S/C23H27Cl2N3O4/c1-23(2,3)32-22(30)28-11-9-27(10-12-28)20-19(25)14-17(15-26-20)21(29)31-13-8-16-4-6-18(24)7-5-16/h4-7,14-15H,8-13H2,1-3H3. The fraction of sp³-hybridized carbons (Fsp3) is 0.435. The van der Waals surface area contributed by atoms with Crippen LogP contribution in [0.5, 0.6) is 0 Å². The number of carbonyl (C=O) groups is 2. The SMILES string of the molecule is CC(C)(C)OC(=O)N1CCN(c2ncc(C(=O)OCCc3ccc(Cl)cc3)cc2Cl)CC1. The average Bonchev–Trinajstić information content (AvgIpc) is 2.74. The molecule has 1 aromatic heterocycles. The molecular weight excluding hydrogens is 453 g/mol. The molecule has 0 N–H and O–H groups in total. The maximum Gasteiger partial charge on any atom is 0.410 e. The van der Waals surface area contributed by atoms with Crippen molar-refractivity contribution in [3.63, 3.8) is 0 Å². The number of carbonyl (C=O) groups excluding carboxylic acids is 2. The van der Waals surface area contributed by atoms with Gasteiger partial charge in [0.1, 0.15) is 11.4 Å². The predicted molar refractivity (Wildman–Crippen MR) is 125 cm³/mol. The lowest BCUT2D eigenvalue weighted by molar-refractivity contribution is 0.0240. The Kier molecular flexibility index (Phi) is 7.85. The lowest BCUT2D eigenvalue weighted by Gasteiger charge is -2.36. The fourth-order valence-electron chi connectivity index (χ4n) is 3.20. The average molecular weight is 480 g/mol. The van der Waals surface area contributed by atoms with Gasteiger partial charge in [-0.05, 0) is 44.5 Å². The second kappa shape index (κ2) is 10.4. The van der Waals surface area contributed by atoms with Crippen molar-refractivity contribution >= 4 is 41.1 Å². The summed E-state index contributed by atoms with van der Waals surface area (Å²) in [6.45, 7) is 7.91. The number of nitrogens with zero attached hydrogens (tertiary/aromatic N) is 3. The number of rotatable bonds is 5. The minimum absolute atomic E-state index is 0.243. The van der Waals surface area contributed by atoms with E-state index >= 15 is 0 Å². The van der Waals surface area contributed by atoms with Crippen molar-refractivity contribution in [1.82, 2.24) is 9.88 Å². The minimum Gasteiger partial charge on any atom is -0.462 e. The minimum atomic E-state index is -0.529. The number of amides is 1. The zero-order valence-electron chi connectivity index (χ0n) is 18.4. The molecule has 3 rings (SSSR count). The number of esters is 1. The Labute approximate surface area is 198 Å². The van der Waals surface area contributed by atoms with Crippen LogP contribution in [0.1, 0.15) is 36.7 Å². The molecule has 0 spiro atoms. The number of piperazine rings is 1. The van der Waals surface area contributed by atoms with Gasteiger partial charge in [0.2, 0.25) is 0 Å². The molecule has 2 aromatic rings. The van der Waals surface area contributed by atoms with E-state index in [1.807, 2.05) is 37.8 Å². The molecule has 0 atom stereocenters. The van der Waals surface area contributed by atoms with Crippen LogP contribution < -0.4 is 4.90 Å². The molecule has 32 heavy (non-hydrogen) atoms. The molecular formula is C23H27Cl2N3O4. The molecule has 9 heteroatoms. The summed E-state index contributed by atoms with van der Waals surface area (Å²) < 4.78 is 10.8. The van der Waals surface area contributed by atoms with E-state index in [-0.39, 0.29) is 12.7 Å². The van der Waals surface area contributed by atoms with E-state index in [1.54, 1.807) is 23.1 Å². The highest BCUT2D eigenvalue weighted by atomic mass is 35.5. The van der Waals surface area contributed by atoms with E-state index in [1.165, 1.54) is 6.20 Å². The first kappa shape index (κ1) is 24.1. The number of pyridine rings is 1. The molecule has 1 amide bonds. The molecule has 0 saturated carbocycles. The smallest absolute Gasteiger partial charge is 0.410 e. The number of benzene rings is 1. The van der Waals surface area contributed by atoms with Gasteiger partial charge in [-0.25, -0.2) is 14.6 Å². The van der Waals surface area contributed by atoms with Gasteiger partial charge in [-0.15, -0.1) is 0 Å². The number of halogens is 2. The molecule has 1 aliphatic heterocycles. The summed E-state index contributed by atoms with van der Waals surface area (Å²) in [4.78, 5) is 32.6. The molecule has 1 fully saturated rings. The van der Waals surface area contributed by atoms with E-state index < -0.39 is 11.6 Å². The van der Waals surface area contributed by atoms with Crippen LogP contribution >= 0.6 is 23.2 Å². The maximum absolute atomic E-state index is 12.3. The highest BCUT2D eigenvalue weighted by Gasteiger charge is 2.27. The molecule has 172 valence electrons. The maximum atomic E-state index is 12.3. The van der Waals surface area contributed by atoms with Gasteiger partial charge in [-0.2, -0.15) is 0 Å². The summed E-state index contributed by atoms with van der Waals surface area (Å²) in [6.07, 6.45) is 1.73. The highest BCUT2D eigenvalue weighted by molar-refractivity contribution is 6.33. The van der Waals surface area contributed by atoms with Gasteiger partial charge in [-0.3, -0.25) is 0 Å². The van der Waals surface area contributed by atoms with Gasteiger partial charge in [0.05, 0.1) is 17.2 Å². The Morgan fingerprint density at radius 1 is 1.06 bits per heavy atom. The number of anilines is 1. The van der Waals surface area contributed by atoms with Crippen LogP contribution in [-0.4, -0.2) is 60.3 Å². The molecule has 1 saturated heterocycles. The number of aromatic nitrogens is 1. The van der Waals surface area contributed by atoms with Crippen LogP contribution in [0.15, 0.2) is 36.5 Å². The molecule has 0 unspecified atom stereocenters. The molecule has 7 nitrogen and oxygen atoms in total. The predicted octanol–water partition coefficient (Wildman–Crippen LogP) is 4.85. The summed E-state index contributed by atoms with van der Waals surface area (Å²) in [6, 6.07) is 8.95. The normalized spacial score (nSPS) is 14.3. The zero-order chi connectivity index (χ0) is 23.3. The third-order valence-corrected chi connectivity index (χ3v) is 5.36. The summed E-state index contributed by atoms with van der Waals surface area (Å²) in [5.74, 6) is 0.0999. The van der Waals surface area contributed by atoms with Gasteiger partial charge < -0.3 is 19.3 Å². The fourth-order valence-corrected chi connectivity index (χ4v) is 3.61. The largest absolute Gasteiger partial charge is 0.462 e. The Morgan fingerprint density at radius 2 is 1.72 bits per heavy atom. The Morgan fingerprint density at radius 3 is 2.31 bits per heavy atom. The second-order valence-electron chi connectivity index (χ2n) is 8.50. The lowest BCUT2D eigenvalue weighted by atomic mass is 10.2. The summed E-state index contributed by atoms with van der Waals surface area (Å²) in [5.41, 5.74) is 0.791. The van der Waals surface area contributed by atoms with Gasteiger partial charge in [-0.1, -0.05) is 35.3 Å². The summed E-state index contributed by atoms with van der Waals surface area (Å²) in [7, 11) is 0. The van der Waals surface area contributed by atoms with Gasteiger partial charge in [0, 0.05) is 43.8 Å². The van der Waals surface area contributed by atoms with Gasteiger partial charge >= 0.3 is 12.1 Å². The van der Waals surface area contributed by atoms with E-state index in [4.69, 9.17) is 32.7 Å². The van der Waals surface area contributed by atoms with Crippen molar-refractivity contribution in [3.05, 3.63) is 57.7 Å². The Hall–Kier alpha value is -2.51. The number of hydrogen-bond acceptors (Lipinski definition) is 6. The second-order valence-corrected chi connectivity index (χ2v) is 9.34. The number of hydrogen-bond donors (Lipinski definition) is 0. The Balaban J connectivity index is 1.52. The van der Waals surface area contributed by atoms with Crippen LogP contribution in [0.2, 0.25) is 10.0 Å². The summed E-state index contributed by atoms with van der Waals surface area (Å²) in [5, 5.41) is 1.03. The Bertz CT molecular complexity index is 953. The monoisotopic (exact) mass is 479 g/mol. The van der Waals surface area contributed by atoms with Crippen molar-refractivity contribution in [2.75, 3.05) is 37.7 Å². The topological polar surface area (TPSA) is 72.0 Å². The first-order valence-corrected chi connectivity index (χ1v) is 11.2. The third kappa shape index (κ3) is 6.74. The number of ether oxygens (including phenoxy) is 2. The molecule has 0 aliphatic carbocycles. The van der Waals surface area contributed by atoms with Crippen molar-refractivity contribution in [2.24, 2.45) is 0 Å². The van der Waals surface area contributed by atoms with Gasteiger partial charge in [0.25, 0.3) is 0 Å². The quantitative estimate of drug-likeness (QED) is 0.570. The van der Waals surface area contributed by atoms with Gasteiger partial charge in [0.15, 0.2) is 0 Å². The van der Waals surface area contributed by atoms with Crippen LogP contribution in [0, 0.1) is 0 Å². The van der Waals surface area contributed by atoms with E-state index in [0.717, 1.165) is 5.56 Å². The molecule has 1 aromatic carbocycles. The van der Waals surface area contributed by atoms with Crippen LogP contribution in [0.25, 0.3) is 0 Å². The van der Waals surface area contributed by atoms with Crippen molar-refractivity contribution < 1.29 is 19.1 Å². The zero-order valence-corrected chi connectivity index (χ0v) is 19.9. The molecule has 1 aliphatic rings. The third-order valence-electron chi connectivity index (χ3n) is 4.83. The molecule has 0 radical (unpaired) electrons. The molecule has 0 bridgehead atoms. The van der Waals surface area contributed by atoms with Crippen molar-refractivity contribution in [1.29, 1.82) is 0 Å².